The van der Waals surface area contributed by atoms with E-state index in [1.54, 1.807) is 0 Å². The summed E-state index contributed by atoms with van der Waals surface area (Å²) < 4.78 is 1.14. The van der Waals surface area contributed by atoms with Gasteiger partial charge in [0, 0.05) is 35.3 Å². The quantitative estimate of drug-likeness (QED) is 0.929. The lowest BCUT2D eigenvalue weighted by Gasteiger charge is -2.45. The van der Waals surface area contributed by atoms with Gasteiger partial charge in [-0.05, 0) is 45.1 Å². The number of hydrogen-bond acceptors (Lipinski definition) is 3. The SMILES string of the molecule is CC1CN(C)C(CCN)CN1c1cccc(Br)c1. The summed E-state index contributed by atoms with van der Waals surface area (Å²) >= 11 is 3.55. The van der Waals surface area contributed by atoms with Crippen LogP contribution in [0.4, 0.5) is 5.69 Å². The number of anilines is 1. The molecule has 0 amide bonds. The molecular formula is C14H22BrN3. The average molecular weight is 312 g/mol. The second-order valence-electron chi connectivity index (χ2n) is 5.15. The highest BCUT2D eigenvalue weighted by Crippen LogP contribution is 2.26. The van der Waals surface area contributed by atoms with Crippen LogP contribution in [-0.2, 0) is 0 Å². The monoisotopic (exact) mass is 311 g/mol. The van der Waals surface area contributed by atoms with Gasteiger partial charge in [0.1, 0.15) is 0 Å². The molecule has 3 nitrogen and oxygen atoms in total. The summed E-state index contributed by atoms with van der Waals surface area (Å²) in [4.78, 5) is 4.93. The molecule has 18 heavy (non-hydrogen) atoms. The third-order valence-corrected chi connectivity index (χ3v) is 4.25. The Morgan fingerprint density at radius 1 is 1.39 bits per heavy atom. The fraction of sp³-hybridized carbons (Fsp3) is 0.571. The standard InChI is InChI=1S/C14H22BrN3/c1-11-9-17(2)14(6-7-16)10-18(11)13-5-3-4-12(15)8-13/h3-5,8,11,14H,6-7,9-10,16H2,1-2H3. The zero-order valence-electron chi connectivity index (χ0n) is 11.1. The number of rotatable bonds is 3. The maximum atomic E-state index is 5.71. The Kier molecular flexibility index (Phi) is 4.65. The molecule has 2 N–H and O–H groups in total. The molecule has 1 aliphatic rings. The first-order valence-electron chi connectivity index (χ1n) is 6.54. The molecular weight excluding hydrogens is 290 g/mol. The van der Waals surface area contributed by atoms with Crippen molar-refractivity contribution < 1.29 is 0 Å². The van der Waals surface area contributed by atoms with Crippen molar-refractivity contribution in [2.45, 2.75) is 25.4 Å². The van der Waals surface area contributed by atoms with Gasteiger partial charge in [-0.1, -0.05) is 22.0 Å². The van der Waals surface area contributed by atoms with E-state index in [2.05, 4.69) is 64.0 Å². The second-order valence-corrected chi connectivity index (χ2v) is 6.07. The van der Waals surface area contributed by atoms with Gasteiger partial charge in [0.05, 0.1) is 0 Å². The fourth-order valence-electron chi connectivity index (χ4n) is 2.73. The molecule has 0 radical (unpaired) electrons. The van der Waals surface area contributed by atoms with Crippen LogP contribution in [0.1, 0.15) is 13.3 Å². The molecule has 0 aliphatic carbocycles. The molecule has 0 saturated carbocycles. The number of nitrogens with zero attached hydrogens (tertiary/aromatic N) is 2. The van der Waals surface area contributed by atoms with E-state index in [-0.39, 0.29) is 0 Å². The van der Waals surface area contributed by atoms with E-state index in [1.165, 1.54) is 5.69 Å². The molecule has 0 aromatic heterocycles. The van der Waals surface area contributed by atoms with E-state index < -0.39 is 0 Å². The van der Waals surface area contributed by atoms with Crippen molar-refractivity contribution in [2.75, 3.05) is 31.6 Å². The highest BCUT2D eigenvalue weighted by molar-refractivity contribution is 9.10. The maximum absolute atomic E-state index is 5.71. The maximum Gasteiger partial charge on any atom is 0.0389 e. The summed E-state index contributed by atoms with van der Waals surface area (Å²) in [7, 11) is 2.20. The zero-order chi connectivity index (χ0) is 13.1. The van der Waals surface area contributed by atoms with E-state index in [0.717, 1.165) is 30.5 Å². The molecule has 1 aromatic rings. The van der Waals surface area contributed by atoms with Gasteiger partial charge in [0.2, 0.25) is 0 Å². The molecule has 1 aliphatic heterocycles. The Bertz CT molecular complexity index is 396. The first-order valence-corrected chi connectivity index (χ1v) is 7.33. The predicted molar refractivity (Wildman–Crippen MR) is 81.0 cm³/mol. The molecule has 2 atom stereocenters. The van der Waals surface area contributed by atoms with Gasteiger partial charge in [-0.15, -0.1) is 0 Å². The molecule has 1 saturated heterocycles. The Morgan fingerprint density at radius 3 is 2.83 bits per heavy atom. The van der Waals surface area contributed by atoms with Crippen LogP contribution in [0.25, 0.3) is 0 Å². The largest absolute Gasteiger partial charge is 0.366 e. The van der Waals surface area contributed by atoms with Crippen molar-refractivity contribution >= 4 is 21.6 Å². The van der Waals surface area contributed by atoms with Gasteiger partial charge in [0.15, 0.2) is 0 Å². The van der Waals surface area contributed by atoms with Crippen LogP contribution < -0.4 is 10.6 Å². The Hall–Kier alpha value is -0.580. The van der Waals surface area contributed by atoms with Gasteiger partial charge in [-0.3, -0.25) is 4.90 Å². The number of halogens is 1. The fourth-order valence-corrected chi connectivity index (χ4v) is 3.12. The number of hydrogen-bond donors (Lipinski definition) is 1. The van der Waals surface area contributed by atoms with Crippen molar-refractivity contribution in [3.05, 3.63) is 28.7 Å². The minimum atomic E-state index is 0.540. The van der Waals surface area contributed by atoms with Gasteiger partial charge in [-0.2, -0.15) is 0 Å². The molecule has 4 heteroatoms. The van der Waals surface area contributed by atoms with Crippen molar-refractivity contribution in [3.63, 3.8) is 0 Å². The van der Waals surface area contributed by atoms with E-state index in [0.29, 0.717) is 12.1 Å². The summed E-state index contributed by atoms with van der Waals surface area (Å²) in [5.74, 6) is 0. The van der Waals surface area contributed by atoms with Gasteiger partial charge < -0.3 is 10.6 Å². The Morgan fingerprint density at radius 2 is 2.17 bits per heavy atom. The summed E-state index contributed by atoms with van der Waals surface area (Å²) in [6, 6.07) is 9.65. The van der Waals surface area contributed by atoms with Crippen molar-refractivity contribution in [2.24, 2.45) is 5.73 Å². The second kappa shape index (κ2) is 6.04. The van der Waals surface area contributed by atoms with Crippen LogP contribution >= 0.6 is 15.9 Å². The van der Waals surface area contributed by atoms with Gasteiger partial charge in [0.25, 0.3) is 0 Å². The molecule has 2 rings (SSSR count). The Balaban J connectivity index is 2.16. The van der Waals surface area contributed by atoms with E-state index in [4.69, 9.17) is 5.73 Å². The number of likely N-dealkylation sites (N-methyl/N-ethyl adjacent to an activating group) is 1. The van der Waals surface area contributed by atoms with Gasteiger partial charge >= 0.3 is 0 Å². The highest BCUT2D eigenvalue weighted by Gasteiger charge is 2.28. The lowest BCUT2D eigenvalue weighted by Crippen LogP contribution is -2.56. The minimum absolute atomic E-state index is 0.540. The summed E-state index contributed by atoms with van der Waals surface area (Å²) in [6.45, 7) is 5.20. The summed E-state index contributed by atoms with van der Waals surface area (Å²) in [5.41, 5.74) is 7.01. The third kappa shape index (κ3) is 3.05. The van der Waals surface area contributed by atoms with E-state index >= 15 is 0 Å². The smallest absolute Gasteiger partial charge is 0.0389 e. The highest BCUT2D eigenvalue weighted by atomic mass is 79.9. The van der Waals surface area contributed by atoms with Crippen LogP contribution in [0.3, 0.4) is 0 Å². The Labute approximate surface area is 118 Å². The van der Waals surface area contributed by atoms with E-state index in [9.17, 15) is 0 Å². The van der Waals surface area contributed by atoms with Crippen LogP contribution in [0.2, 0.25) is 0 Å². The molecule has 1 heterocycles. The zero-order valence-corrected chi connectivity index (χ0v) is 12.7. The molecule has 1 aromatic carbocycles. The predicted octanol–water partition coefficient (Wildman–Crippen LogP) is 2.31. The normalized spacial score (nSPS) is 25.4. The summed E-state index contributed by atoms with van der Waals surface area (Å²) in [5, 5.41) is 0. The lowest BCUT2D eigenvalue weighted by atomic mass is 10.0. The minimum Gasteiger partial charge on any atom is -0.366 e. The van der Waals surface area contributed by atoms with Crippen molar-refractivity contribution in [1.29, 1.82) is 0 Å². The molecule has 0 bridgehead atoms. The van der Waals surface area contributed by atoms with Crippen LogP contribution in [-0.4, -0.2) is 43.7 Å². The van der Waals surface area contributed by atoms with Gasteiger partial charge in [-0.25, -0.2) is 0 Å². The average Bonchev–Trinajstić information content (AvgIpc) is 2.33. The topological polar surface area (TPSA) is 32.5 Å². The van der Waals surface area contributed by atoms with E-state index in [1.807, 2.05) is 0 Å². The molecule has 0 spiro atoms. The number of piperazine rings is 1. The first-order chi connectivity index (χ1) is 8.61. The number of benzene rings is 1. The third-order valence-electron chi connectivity index (χ3n) is 3.75. The number of nitrogens with two attached hydrogens (primary N) is 1. The summed E-state index contributed by atoms with van der Waals surface area (Å²) in [6.07, 6.45) is 1.06. The molecule has 100 valence electrons. The van der Waals surface area contributed by atoms with Crippen LogP contribution in [0, 0.1) is 0 Å². The van der Waals surface area contributed by atoms with Crippen LogP contribution in [0.5, 0.6) is 0 Å². The van der Waals surface area contributed by atoms with Crippen LogP contribution in [0.15, 0.2) is 28.7 Å². The van der Waals surface area contributed by atoms with Crippen molar-refractivity contribution in [1.82, 2.24) is 4.90 Å². The van der Waals surface area contributed by atoms with Crippen molar-refractivity contribution in [3.8, 4) is 0 Å². The first kappa shape index (κ1) is 13.8. The molecule has 2 unspecified atom stereocenters. The molecule has 1 fully saturated rings. The lowest BCUT2D eigenvalue weighted by molar-refractivity contribution is 0.185.